The molecule has 1 aliphatic rings. The van der Waals surface area contributed by atoms with Crippen molar-refractivity contribution in [1.82, 2.24) is 14.1 Å². The van der Waals surface area contributed by atoms with Crippen molar-refractivity contribution >= 4 is 21.7 Å². The predicted molar refractivity (Wildman–Crippen MR) is 100 cm³/mol. The number of aryl methyl sites for hydroxylation is 1. The largest absolute Gasteiger partial charge is 0.311 e. The summed E-state index contributed by atoms with van der Waals surface area (Å²) in [6, 6.07) is 11.8. The van der Waals surface area contributed by atoms with Crippen molar-refractivity contribution in [3.05, 3.63) is 48.2 Å². The molecule has 0 saturated carbocycles. The van der Waals surface area contributed by atoms with E-state index in [0.717, 1.165) is 5.56 Å². The topological polar surface area (TPSA) is 84.3 Å². The number of aromatic nitrogens is 2. The van der Waals surface area contributed by atoms with Crippen LogP contribution in [0.5, 0.6) is 0 Å². The number of rotatable bonds is 6. The van der Waals surface area contributed by atoms with Crippen LogP contribution in [0.3, 0.4) is 0 Å². The van der Waals surface area contributed by atoms with E-state index in [1.807, 2.05) is 30.3 Å². The molecule has 1 aliphatic heterocycles. The molecule has 1 fully saturated rings. The SMILES string of the molecule is CS(=O)(=O)N1CCC(n2nccc2NC(=O)CCc2ccccc2)CC1. The Morgan fingerprint density at radius 2 is 1.88 bits per heavy atom. The number of hydrogen-bond acceptors (Lipinski definition) is 4. The minimum Gasteiger partial charge on any atom is -0.311 e. The van der Waals surface area contributed by atoms with Crippen molar-refractivity contribution in [2.75, 3.05) is 24.7 Å². The summed E-state index contributed by atoms with van der Waals surface area (Å²) in [5, 5.41) is 7.26. The third kappa shape index (κ3) is 4.70. The van der Waals surface area contributed by atoms with E-state index < -0.39 is 10.0 Å². The summed E-state index contributed by atoms with van der Waals surface area (Å²) in [6.07, 6.45) is 5.36. The van der Waals surface area contributed by atoms with Crippen LogP contribution in [0.4, 0.5) is 5.82 Å². The molecule has 1 aromatic heterocycles. The third-order valence-electron chi connectivity index (χ3n) is 4.66. The molecule has 2 aromatic rings. The molecule has 0 spiro atoms. The summed E-state index contributed by atoms with van der Waals surface area (Å²) in [5.74, 6) is 0.616. The highest BCUT2D eigenvalue weighted by atomic mass is 32.2. The number of carbonyl (C=O) groups excluding carboxylic acids is 1. The van der Waals surface area contributed by atoms with E-state index in [4.69, 9.17) is 0 Å². The lowest BCUT2D eigenvalue weighted by Gasteiger charge is -2.31. The van der Waals surface area contributed by atoms with Gasteiger partial charge in [-0.25, -0.2) is 17.4 Å². The number of benzene rings is 1. The fourth-order valence-electron chi connectivity index (χ4n) is 3.23. The summed E-state index contributed by atoms with van der Waals surface area (Å²) in [6.45, 7) is 0.954. The first-order valence-corrected chi connectivity index (χ1v) is 10.6. The zero-order valence-corrected chi connectivity index (χ0v) is 15.7. The Bertz CT molecular complexity index is 840. The highest BCUT2D eigenvalue weighted by Gasteiger charge is 2.27. The molecule has 0 aliphatic carbocycles. The Hall–Kier alpha value is -2.19. The van der Waals surface area contributed by atoms with Gasteiger partial charge in [0.25, 0.3) is 0 Å². The lowest BCUT2D eigenvalue weighted by Crippen LogP contribution is -2.38. The van der Waals surface area contributed by atoms with E-state index in [1.54, 1.807) is 16.9 Å². The van der Waals surface area contributed by atoms with E-state index in [9.17, 15) is 13.2 Å². The van der Waals surface area contributed by atoms with Gasteiger partial charge in [0.05, 0.1) is 18.5 Å². The lowest BCUT2D eigenvalue weighted by molar-refractivity contribution is -0.116. The lowest BCUT2D eigenvalue weighted by atomic mass is 10.1. The summed E-state index contributed by atoms with van der Waals surface area (Å²) in [4.78, 5) is 12.3. The first-order chi connectivity index (χ1) is 12.4. The number of sulfonamides is 1. The average molecular weight is 376 g/mol. The fraction of sp³-hybridized carbons (Fsp3) is 0.444. The molecule has 8 heteroatoms. The molecule has 0 radical (unpaired) electrons. The van der Waals surface area contributed by atoms with Crippen LogP contribution >= 0.6 is 0 Å². The van der Waals surface area contributed by atoms with Crippen LogP contribution < -0.4 is 5.32 Å². The summed E-state index contributed by atoms with van der Waals surface area (Å²) >= 11 is 0. The van der Waals surface area contributed by atoms with E-state index in [2.05, 4.69) is 10.4 Å². The minimum absolute atomic E-state index is 0.0517. The predicted octanol–water partition coefficient (Wildman–Crippen LogP) is 2.05. The number of piperidine rings is 1. The number of anilines is 1. The van der Waals surface area contributed by atoms with E-state index in [-0.39, 0.29) is 11.9 Å². The second-order valence-electron chi connectivity index (χ2n) is 6.59. The summed E-state index contributed by atoms with van der Waals surface area (Å²) in [7, 11) is -3.15. The Morgan fingerprint density at radius 1 is 1.19 bits per heavy atom. The maximum atomic E-state index is 12.3. The first-order valence-electron chi connectivity index (χ1n) is 8.76. The van der Waals surface area contributed by atoms with Crippen molar-refractivity contribution in [2.24, 2.45) is 0 Å². The molecule has 140 valence electrons. The maximum Gasteiger partial charge on any atom is 0.225 e. The molecule has 0 bridgehead atoms. The van der Waals surface area contributed by atoms with Gasteiger partial charge in [-0.15, -0.1) is 0 Å². The summed E-state index contributed by atoms with van der Waals surface area (Å²) < 4.78 is 26.6. The quantitative estimate of drug-likeness (QED) is 0.836. The van der Waals surface area contributed by atoms with Gasteiger partial charge in [0.2, 0.25) is 15.9 Å². The molecule has 2 heterocycles. The Labute approximate surface area is 154 Å². The average Bonchev–Trinajstić information content (AvgIpc) is 3.08. The van der Waals surface area contributed by atoms with E-state index in [0.29, 0.717) is 44.6 Å². The minimum atomic E-state index is -3.15. The van der Waals surface area contributed by atoms with Crippen molar-refractivity contribution in [3.8, 4) is 0 Å². The molecule has 1 N–H and O–H groups in total. The molecule has 0 unspecified atom stereocenters. The molecular weight excluding hydrogens is 352 g/mol. The molecule has 26 heavy (non-hydrogen) atoms. The van der Waals surface area contributed by atoms with Gasteiger partial charge in [0, 0.05) is 25.6 Å². The zero-order valence-electron chi connectivity index (χ0n) is 14.8. The number of nitrogens with zero attached hydrogens (tertiary/aromatic N) is 3. The van der Waals surface area contributed by atoms with Crippen LogP contribution in [0.15, 0.2) is 42.6 Å². The van der Waals surface area contributed by atoms with Crippen molar-refractivity contribution in [1.29, 1.82) is 0 Å². The van der Waals surface area contributed by atoms with Crippen molar-refractivity contribution < 1.29 is 13.2 Å². The van der Waals surface area contributed by atoms with Crippen molar-refractivity contribution in [3.63, 3.8) is 0 Å². The smallest absolute Gasteiger partial charge is 0.225 e. The monoisotopic (exact) mass is 376 g/mol. The Balaban J connectivity index is 1.56. The van der Waals surface area contributed by atoms with Gasteiger partial charge >= 0.3 is 0 Å². The van der Waals surface area contributed by atoms with Crippen LogP contribution in [0.2, 0.25) is 0 Å². The van der Waals surface area contributed by atoms with E-state index >= 15 is 0 Å². The van der Waals surface area contributed by atoms with E-state index in [1.165, 1.54) is 10.6 Å². The van der Waals surface area contributed by atoms with Gasteiger partial charge < -0.3 is 5.32 Å². The number of hydrogen-bond donors (Lipinski definition) is 1. The second kappa shape index (κ2) is 8.01. The zero-order chi connectivity index (χ0) is 18.6. The Kier molecular flexibility index (Phi) is 5.73. The second-order valence-corrected chi connectivity index (χ2v) is 8.57. The third-order valence-corrected chi connectivity index (χ3v) is 5.96. The van der Waals surface area contributed by atoms with Crippen LogP contribution in [-0.4, -0.2) is 47.8 Å². The molecule has 7 nitrogen and oxygen atoms in total. The number of carbonyl (C=O) groups is 1. The first kappa shape index (κ1) is 18.6. The van der Waals surface area contributed by atoms with Crippen LogP contribution in [-0.2, 0) is 21.2 Å². The van der Waals surface area contributed by atoms with Crippen LogP contribution in [0, 0.1) is 0 Å². The molecule has 3 rings (SSSR count). The van der Waals surface area contributed by atoms with Gasteiger partial charge in [0.15, 0.2) is 0 Å². The summed E-state index contributed by atoms with van der Waals surface area (Å²) in [5.41, 5.74) is 1.13. The normalized spacial score (nSPS) is 16.5. The van der Waals surface area contributed by atoms with Crippen LogP contribution in [0.1, 0.15) is 30.9 Å². The molecule has 1 aromatic carbocycles. The fourth-order valence-corrected chi connectivity index (χ4v) is 4.10. The highest BCUT2D eigenvalue weighted by Crippen LogP contribution is 2.26. The van der Waals surface area contributed by atoms with Gasteiger partial charge in [-0.1, -0.05) is 30.3 Å². The van der Waals surface area contributed by atoms with Gasteiger partial charge in [0.1, 0.15) is 5.82 Å². The maximum absolute atomic E-state index is 12.3. The number of nitrogens with one attached hydrogen (secondary N) is 1. The molecule has 1 saturated heterocycles. The van der Waals surface area contributed by atoms with Gasteiger partial charge in [-0.2, -0.15) is 5.10 Å². The van der Waals surface area contributed by atoms with Gasteiger partial charge in [-0.3, -0.25) is 4.79 Å². The highest BCUT2D eigenvalue weighted by molar-refractivity contribution is 7.88. The van der Waals surface area contributed by atoms with Gasteiger partial charge in [-0.05, 0) is 24.8 Å². The Morgan fingerprint density at radius 3 is 2.54 bits per heavy atom. The molecular formula is C18H24N4O3S. The number of amides is 1. The molecule has 1 amide bonds. The van der Waals surface area contributed by atoms with Crippen LogP contribution in [0.25, 0.3) is 0 Å². The standard InChI is InChI=1S/C18H24N4O3S/c1-26(24,25)21-13-10-16(11-14-21)22-17(9-12-19-22)20-18(23)8-7-15-5-3-2-4-6-15/h2-6,9,12,16H,7-8,10-11,13-14H2,1H3,(H,20,23). The molecule has 0 atom stereocenters. The van der Waals surface area contributed by atoms with Crippen molar-refractivity contribution in [2.45, 2.75) is 31.7 Å².